The van der Waals surface area contributed by atoms with E-state index in [9.17, 15) is 49.2 Å². The third-order valence-corrected chi connectivity index (χ3v) is 10.5. The van der Waals surface area contributed by atoms with Crippen molar-refractivity contribution in [1.29, 1.82) is 0 Å². The Hall–Kier alpha value is -5.08. The van der Waals surface area contributed by atoms with Gasteiger partial charge < -0.3 is 59.9 Å². The molecule has 4 aliphatic rings. The summed E-state index contributed by atoms with van der Waals surface area (Å²) in [6.45, 7) is 2.19. The monoisotopic (exact) mass is 754 g/mol. The van der Waals surface area contributed by atoms with Gasteiger partial charge in [-0.05, 0) is 31.0 Å². The average molecular weight is 755 g/mol. The maximum Gasteiger partial charge on any atom is 0.341 e. The van der Waals surface area contributed by atoms with Crippen molar-refractivity contribution in [2.75, 3.05) is 35.0 Å². The van der Waals surface area contributed by atoms with Crippen LogP contribution in [0.1, 0.15) is 75.4 Å². The number of rotatable bonds is 9. The van der Waals surface area contributed by atoms with Crippen LogP contribution in [0.4, 0.5) is 0 Å². The van der Waals surface area contributed by atoms with E-state index in [-0.39, 0.29) is 16.7 Å². The molecule has 1 amide bonds. The van der Waals surface area contributed by atoms with Crippen molar-refractivity contribution in [2.24, 2.45) is 5.73 Å². The number of hydrogen-bond donors (Lipinski definition) is 6. The summed E-state index contributed by atoms with van der Waals surface area (Å²) in [5, 5.41) is 49.5. The fraction of sp³-hybridized carbons (Fsp3) is 0.444. The molecular weight excluding hydrogens is 716 g/mol. The molecule has 288 valence electrons. The summed E-state index contributed by atoms with van der Waals surface area (Å²) in [6.07, 6.45) is -6.73. The number of aryl methyl sites for hydroxylation is 1. The summed E-state index contributed by atoms with van der Waals surface area (Å²) in [6, 6.07) is 2.18. The molecule has 1 aliphatic heterocycles. The number of Topliss-reactive ketones (excluding diaryl/α,β-unsaturated/α-hetero) is 3. The number of amides is 1. The summed E-state index contributed by atoms with van der Waals surface area (Å²) in [7, 11) is 4.60. The molecule has 0 saturated carbocycles. The lowest BCUT2D eigenvalue weighted by molar-refractivity contribution is -0.236. The molecule has 1 saturated heterocycles. The van der Waals surface area contributed by atoms with E-state index in [1.54, 1.807) is 6.92 Å². The number of phenols is 1. The van der Waals surface area contributed by atoms with E-state index in [1.165, 1.54) is 27.2 Å². The van der Waals surface area contributed by atoms with Crippen LogP contribution in [0.3, 0.4) is 0 Å². The van der Waals surface area contributed by atoms with Gasteiger partial charge in [-0.3, -0.25) is 24.0 Å². The zero-order valence-corrected chi connectivity index (χ0v) is 29.9. The number of ether oxygens (including phenoxy) is 6. The molecule has 2 aromatic rings. The van der Waals surface area contributed by atoms with Crippen LogP contribution >= 0.6 is 0 Å². The number of esters is 1. The Labute approximate surface area is 306 Å². The van der Waals surface area contributed by atoms with Gasteiger partial charge in [0.2, 0.25) is 17.3 Å². The molecule has 18 nitrogen and oxygen atoms in total. The molecule has 2 aromatic carbocycles. The highest BCUT2D eigenvalue weighted by molar-refractivity contribution is 6.31. The Morgan fingerprint density at radius 3 is 2.26 bits per heavy atom. The van der Waals surface area contributed by atoms with Gasteiger partial charge in [0.15, 0.2) is 29.8 Å². The van der Waals surface area contributed by atoms with Crippen LogP contribution in [-0.2, 0) is 40.5 Å². The van der Waals surface area contributed by atoms with Crippen LogP contribution in [0.5, 0.6) is 11.5 Å². The van der Waals surface area contributed by atoms with Gasteiger partial charge in [-0.1, -0.05) is 6.07 Å². The van der Waals surface area contributed by atoms with Gasteiger partial charge in [-0.2, -0.15) is 0 Å². The molecule has 3 aliphatic carbocycles. The van der Waals surface area contributed by atoms with E-state index in [0.717, 1.165) is 26.4 Å². The number of methoxy groups -OCH3 is 4. The van der Waals surface area contributed by atoms with Crippen molar-refractivity contribution >= 4 is 35.0 Å². The second kappa shape index (κ2) is 13.6. The number of nitrogens with two attached hydrogens (primary N) is 1. The molecule has 54 heavy (non-hydrogen) atoms. The quantitative estimate of drug-likeness (QED) is 0.166. The summed E-state index contributed by atoms with van der Waals surface area (Å²) < 4.78 is 32.7. The van der Waals surface area contributed by atoms with Crippen molar-refractivity contribution in [1.82, 2.24) is 5.32 Å². The van der Waals surface area contributed by atoms with E-state index in [2.05, 4.69) is 5.32 Å². The maximum atomic E-state index is 14.9. The summed E-state index contributed by atoms with van der Waals surface area (Å²) in [4.78, 5) is 82.1. The molecule has 0 radical (unpaired) electrons. The first-order valence-corrected chi connectivity index (χ1v) is 16.5. The number of aromatic hydroxyl groups is 1. The Morgan fingerprint density at radius 2 is 1.67 bits per heavy atom. The van der Waals surface area contributed by atoms with Crippen LogP contribution in [0.15, 0.2) is 23.9 Å². The van der Waals surface area contributed by atoms with Gasteiger partial charge in [0.25, 0.3) is 5.91 Å². The SMILES string of the molecule is COC(=O)c1c(C)cc2c(c1OCC(N)=O)[C@]1(O)C(=O)c3cc4c(c(O)c3C(=O)[C@]1(OC)[C@H](O)C2)C(=O)C=C(NC1O[C@@H](C)[C@H](OC)[C@@H](O)[C@H]1OC)C4=O. The number of carbonyl (C=O) groups is 6. The number of aliphatic hydroxyl groups excluding tert-OH is 2. The minimum Gasteiger partial charge on any atom is -0.506 e. The fourth-order valence-electron chi connectivity index (χ4n) is 8.11. The first-order valence-electron chi connectivity index (χ1n) is 16.5. The first kappa shape index (κ1) is 38.6. The number of fused-ring (bicyclic) bond motifs is 5. The number of primary amides is 1. The van der Waals surface area contributed by atoms with Crippen molar-refractivity contribution < 1.29 is 77.6 Å². The second-order valence-electron chi connectivity index (χ2n) is 13.3. The molecule has 8 atom stereocenters. The molecule has 0 aromatic heterocycles. The van der Waals surface area contributed by atoms with Crippen molar-refractivity contribution in [3.63, 3.8) is 0 Å². The van der Waals surface area contributed by atoms with E-state index < -0.39 is 141 Å². The summed E-state index contributed by atoms with van der Waals surface area (Å²) in [5.41, 5.74) is -4.84. The van der Waals surface area contributed by atoms with Crippen LogP contribution in [0.25, 0.3) is 0 Å². The van der Waals surface area contributed by atoms with Crippen LogP contribution in [0.2, 0.25) is 0 Å². The number of ketones is 4. The predicted octanol–water partition coefficient (Wildman–Crippen LogP) is -1.09. The Morgan fingerprint density at radius 1 is 1.00 bits per heavy atom. The topological polar surface area (TPSA) is 277 Å². The molecule has 0 spiro atoms. The Bertz CT molecular complexity index is 2060. The van der Waals surface area contributed by atoms with Gasteiger partial charge in [0, 0.05) is 50.5 Å². The van der Waals surface area contributed by atoms with Crippen molar-refractivity contribution in [2.45, 2.75) is 68.2 Å². The number of hydrogen-bond acceptors (Lipinski definition) is 17. The highest BCUT2D eigenvalue weighted by Gasteiger charge is 2.73. The number of allylic oxidation sites excluding steroid dienone is 2. The highest BCUT2D eigenvalue weighted by atomic mass is 16.6. The zero-order chi connectivity index (χ0) is 39.8. The highest BCUT2D eigenvalue weighted by Crippen LogP contribution is 2.57. The molecule has 7 N–H and O–H groups in total. The van der Waals surface area contributed by atoms with E-state index in [0.29, 0.717) is 0 Å². The number of aliphatic hydroxyl groups is 3. The van der Waals surface area contributed by atoms with Crippen LogP contribution in [-0.4, -0.2) is 133 Å². The van der Waals surface area contributed by atoms with Crippen molar-refractivity contribution in [3.05, 3.63) is 68.4 Å². The van der Waals surface area contributed by atoms with Gasteiger partial charge in [-0.15, -0.1) is 0 Å². The van der Waals surface area contributed by atoms with Gasteiger partial charge in [0.05, 0.1) is 36.1 Å². The second-order valence-corrected chi connectivity index (χ2v) is 13.3. The third-order valence-electron chi connectivity index (χ3n) is 10.5. The Balaban J connectivity index is 1.54. The molecule has 18 heteroatoms. The Kier molecular flexibility index (Phi) is 9.77. The molecule has 0 bridgehead atoms. The minimum atomic E-state index is -3.27. The van der Waals surface area contributed by atoms with Gasteiger partial charge >= 0.3 is 5.97 Å². The first-order chi connectivity index (χ1) is 25.5. The number of benzene rings is 2. The smallest absolute Gasteiger partial charge is 0.341 e. The van der Waals surface area contributed by atoms with Crippen molar-refractivity contribution in [3.8, 4) is 11.5 Å². The minimum absolute atomic E-state index is 0.00191. The largest absolute Gasteiger partial charge is 0.506 e. The molecule has 1 heterocycles. The standard InChI is InChI=1S/C36H38N2O16/c1-12-7-14-8-19(40)36(52-6)32(46)23-16(31(45)35(36,48)24(14)29(53-11-20(37)41)21(12)34(47)51-5)9-15-22(26(23)43)18(39)10-17(25(15)42)38-33-30(50-4)27(44)28(49-3)13(2)54-33/h7,9-10,13,19,27-28,30,33,38,40,43-44,48H,8,11H2,1-6H3,(H2,37,41)/t13-,19+,27+,28-,30+,33?,35-,36+/m0/s1. The van der Waals surface area contributed by atoms with Crippen LogP contribution in [0, 0.1) is 6.92 Å². The summed E-state index contributed by atoms with van der Waals surface area (Å²) in [5.74, 6) is -8.45. The number of carbonyl (C=O) groups excluding carboxylic acids is 6. The number of phenolic OH excluding ortho intramolecular Hbond substituents is 1. The molecular formula is C36H38N2O16. The lowest BCUT2D eigenvalue weighted by atomic mass is 9.56. The lowest BCUT2D eigenvalue weighted by Gasteiger charge is -2.53. The van der Waals surface area contributed by atoms with Gasteiger partial charge in [0.1, 0.15) is 35.4 Å². The molecule has 6 rings (SSSR count). The average Bonchev–Trinajstić information content (AvgIpc) is 3.11. The number of nitrogens with one attached hydrogen (secondary N) is 1. The van der Waals surface area contributed by atoms with E-state index in [4.69, 9.17) is 34.2 Å². The normalized spacial score (nSPS) is 30.1. The zero-order valence-electron chi connectivity index (χ0n) is 29.9. The van der Waals surface area contributed by atoms with Crippen LogP contribution < -0.4 is 15.8 Å². The fourth-order valence-corrected chi connectivity index (χ4v) is 8.11. The van der Waals surface area contributed by atoms with E-state index in [1.807, 2.05) is 0 Å². The lowest BCUT2D eigenvalue weighted by Crippen LogP contribution is -2.73. The summed E-state index contributed by atoms with van der Waals surface area (Å²) >= 11 is 0. The maximum absolute atomic E-state index is 14.9. The molecule has 1 fully saturated rings. The predicted molar refractivity (Wildman–Crippen MR) is 179 cm³/mol. The van der Waals surface area contributed by atoms with E-state index >= 15 is 0 Å². The van der Waals surface area contributed by atoms with Gasteiger partial charge in [-0.25, -0.2) is 4.79 Å². The third kappa shape index (κ3) is 5.20. The molecule has 1 unspecified atom stereocenters.